The molecule has 14 heavy (non-hydrogen) atoms. The Morgan fingerprint density at radius 2 is 2.14 bits per heavy atom. The van der Waals surface area contributed by atoms with Crippen molar-refractivity contribution >= 4 is 0 Å². The molecule has 1 aromatic rings. The van der Waals surface area contributed by atoms with Crippen molar-refractivity contribution < 1.29 is 9.47 Å². The van der Waals surface area contributed by atoms with Gasteiger partial charge >= 0.3 is 0 Å². The van der Waals surface area contributed by atoms with Crippen LogP contribution in [0, 0.1) is 18.3 Å². The Morgan fingerprint density at radius 1 is 1.36 bits per heavy atom. The van der Waals surface area contributed by atoms with Gasteiger partial charge in [-0.25, -0.2) is 0 Å². The van der Waals surface area contributed by atoms with Crippen molar-refractivity contribution in [1.82, 2.24) is 0 Å². The second-order valence-corrected chi connectivity index (χ2v) is 3.28. The first-order valence-corrected chi connectivity index (χ1v) is 4.57. The molecule has 1 aliphatic heterocycles. The van der Waals surface area contributed by atoms with E-state index in [0.29, 0.717) is 19.6 Å². The molecule has 0 atom stereocenters. The van der Waals surface area contributed by atoms with E-state index in [1.54, 1.807) is 0 Å². The quantitative estimate of drug-likeness (QED) is 0.676. The molecule has 1 heterocycles. The Labute approximate surface area is 82.9 Å². The summed E-state index contributed by atoms with van der Waals surface area (Å²) in [6, 6.07) is 6.03. The predicted molar refractivity (Wildman–Crippen MR) is 51.5 cm³/mol. The molecule has 0 spiro atoms. The Kier molecular flexibility index (Phi) is 2.28. The van der Waals surface area contributed by atoms with Crippen molar-refractivity contribution in [3.63, 3.8) is 0 Å². The SMILES string of the molecule is Cc1cc(CC#N)c2c(c1)OCCO2. The van der Waals surface area contributed by atoms with Gasteiger partial charge < -0.3 is 9.47 Å². The van der Waals surface area contributed by atoms with Crippen LogP contribution in [0.5, 0.6) is 11.5 Å². The lowest BCUT2D eigenvalue weighted by molar-refractivity contribution is 0.170. The first-order chi connectivity index (χ1) is 6.81. The smallest absolute Gasteiger partial charge is 0.165 e. The molecule has 3 heteroatoms. The van der Waals surface area contributed by atoms with Crippen molar-refractivity contribution in [2.45, 2.75) is 13.3 Å². The van der Waals surface area contributed by atoms with Gasteiger partial charge in [0.05, 0.1) is 12.5 Å². The topological polar surface area (TPSA) is 42.2 Å². The minimum atomic E-state index is 0.368. The number of hydrogen-bond donors (Lipinski definition) is 0. The van der Waals surface area contributed by atoms with Gasteiger partial charge in [0.1, 0.15) is 13.2 Å². The fraction of sp³-hybridized carbons (Fsp3) is 0.364. The van der Waals surface area contributed by atoms with E-state index < -0.39 is 0 Å². The number of aryl methyl sites for hydroxylation is 1. The average molecular weight is 189 g/mol. The van der Waals surface area contributed by atoms with E-state index in [1.807, 2.05) is 19.1 Å². The second-order valence-electron chi connectivity index (χ2n) is 3.28. The molecule has 0 aromatic heterocycles. The van der Waals surface area contributed by atoms with Gasteiger partial charge in [-0.3, -0.25) is 0 Å². The van der Waals surface area contributed by atoms with Crippen LogP contribution in [0.15, 0.2) is 12.1 Å². The summed E-state index contributed by atoms with van der Waals surface area (Å²) in [6.45, 7) is 3.13. The molecule has 0 fully saturated rings. The van der Waals surface area contributed by atoms with Crippen molar-refractivity contribution in [2.24, 2.45) is 0 Å². The molecule has 0 saturated carbocycles. The lowest BCUT2D eigenvalue weighted by Crippen LogP contribution is -2.16. The second kappa shape index (κ2) is 3.59. The number of nitrogens with zero attached hydrogens (tertiary/aromatic N) is 1. The molecule has 72 valence electrons. The zero-order chi connectivity index (χ0) is 9.97. The van der Waals surface area contributed by atoms with E-state index in [4.69, 9.17) is 14.7 Å². The highest BCUT2D eigenvalue weighted by atomic mass is 16.6. The third kappa shape index (κ3) is 1.51. The number of ether oxygens (including phenoxy) is 2. The maximum absolute atomic E-state index is 8.67. The Morgan fingerprint density at radius 3 is 2.93 bits per heavy atom. The van der Waals surface area contributed by atoms with Crippen LogP contribution in [0.3, 0.4) is 0 Å². The molecule has 0 amide bonds. The van der Waals surface area contributed by atoms with Crippen molar-refractivity contribution in [2.75, 3.05) is 13.2 Å². The van der Waals surface area contributed by atoms with Crippen molar-refractivity contribution in [1.29, 1.82) is 5.26 Å². The van der Waals surface area contributed by atoms with Crippen LogP contribution in [0.2, 0.25) is 0 Å². The number of benzene rings is 1. The highest BCUT2D eigenvalue weighted by Gasteiger charge is 2.16. The Hall–Kier alpha value is -1.69. The average Bonchev–Trinajstić information content (AvgIpc) is 2.18. The summed E-state index contributed by atoms with van der Waals surface area (Å²) in [6.07, 6.45) is 0.368. The van der Waals surface area contributed by atoms with Crippen LogP contribution < -0.4 is 9.47 Å². The summed E-state index contributed by atoms with van der Waals surface area (Å²) in [7, 11) is 0. The largest absolute Gasteiger partial charge is 0.486 e. The van der Waals surface area contributed by atoms with Crippen LogP contribution in [0.4, 0.5) is 0 Å². The molecule has 1 aliphatic rings. The summed E-state index contributed by atoms with van der Waals surface area (Å²) in [5, 5.41) is 8.67. The molecule has 2 rings (SSSR count). The molecule has 1 aromatic carbocycles. The van der Waals surface area contributed by atoms with E-state index in [0.717, 1.165) is 22.6 Å². The highest BCUT2D eigenvalue weighted by Crippen LogP contribution is 2.35. The van der Waals surface area contributed by atoms with Crippen molar-refractivity contribution in [3.05, 3.63) is 23.3 Å². The minimum Gasteiger partial charge on any atom is -0.486 e. The van der Waals surface area contributed by atoms with Crippen LogP contribution in [-0.2, 0) is 6.42 Å². The van der Waals surface area contributed by atoms with Crippen LogP contribution in [0.1, 0.15) is 11.1 Å². The maximum atomic E-state index is 8.67. The third-order valence-electron chi connectivity index (χ3n) is 2.13. The Balaban J connectivity index is 2.48. The van der Waals surface area contributed by atoms with Gasteiger partial charge in [-0.15, -0.1) is 0 Å². The fourth-order valence-electron chi connectivity index (χ4n) is 1.60. The number of hydrogen-bond acceptors (Lipinski definition) is 3. The molecular weight excluding hydrogens is 178 g/mol. The number of rotatable bonds is 1. The lowest BCUT2D eigenvalue weighted by Gasteiger charge is -2.20. The van der Waals surface area contributed by atoms with Gasteiger partial charge in [0.25, 0.3) is 0 Å². The fourth-order valence-corrected chi connectivity index (χ4v) is 1.60. The van der Waals surface area contributed by atoms with E-state index in [1.165, 1.54) is 0 Å². The molecule has 0 bridgehead atoms. The van der Waals surface area contributed by atoms with Crippen LogP contribution in [-0.4, -0.2) is 13.2 Å². The standard InChI is InChI=1S/C11H11NO2/c1-8-6-9(2-3-12)11-10(7-8)13-4-5-14-11/h6-7H,2,4-5H2,1H3. The summed E-state index contributed by atoms with van der Waals surface area (Å²) in [5.41, 5.74) is 2.02. The first-order valence-electron chi connectivity index (χ1n) is 4.57. The van der Waals surface area contributed by atoms with Gasteiger partial charge in [0, 0.05) is 5.56 Å². The van der Waals surface area contributed by atoms with Crippen LogP contribution in [0.25, 0.3) is 0 Å². The van der Waals surface area contributed by atoms with Gasteiger partial charge in [-0.1, -0.05) is 6.07 Å². The lowest BCUT2D eigenvalue weighted by atomic mass is 10.1. The summed E-state index contributed by atoms with van der Waals surface area (Å²) in [5.74, 6) is 1.50. The van der Waals surface area contributed by atoms with E-state index in [9.17, 15) is 0 Å². The van der Waals surface area contributed by atoms with Gasteiger partial charge in [0.2, 0.25) is 0 Å². The summed E-state index contributed by atoms with van der Waals surface area (Å²) < 4.78 is 10.9. The highest BCUT2D eigenvalue weighted by molar-refractivity contribution is 5.50. The van der Waals surface area contributed by atoms with E-state index >= 15 is 0 Å². The maximum Gasteiger partial charge on any atom is 0.165 e. The van der Waals surface area contributed by atoms with Gasteiger partial charge in [0.15, 0.2) is 11.5 Å². The van der Waals surface area contributed by atoms with Gasteiger partial charge in [-0.05, 0) is 18.6 Å². The van der Waals surface area contributed by atoms with Crippen LogP contribution >= 0.6 is 0 Å². The predicted octanol–water partition coefficient (Wildman–Crippen LogP) is 1.83. The molecule has 0 aliphatic carbocycles. The van der Waals surface area contributed by atoms with Crippen molar-refractivity contribution in [3.8, 4) is 17.6 Å². The number of nitriles is 1. The summed E-state index contributed by atoms with van der Waals surface area (Å²) in [4.78, 5) is 0. The summed E-state index contributed by atoms with van der Waals surface area (Å²) >= 11 is 0. The minimum absolute atomic E-state index is 0.368. The number of fused-ring (bicyclic) bond motifs is 1. The molecule has 0 radical (unpaired) electrons. The Bertz CT molecular complexity index is 393. The third-order valence-corrected chi connectivity index (χ3v) is 2.13. The molecule has 0 N–H and O–H groups in total. The van der Waals surface area contributed by atoms with E-state index in [-0.39, 0.29) is 0 Å². The molecule has 3 nitrogen and oxygen atoms in total. The van der Waals surface area contributed by atoms with E-state index in [2.05, 4.69) is 6.07 Å². The zero-order valence-corrected chi connectivity index (χ0v) is 8.04. The molecule has 0 unspecified atom stereocenters. The van der Waals surface area contributed by atoms with Gasteiger partial charge in [-0.2, -0.15) is 5.26 Å². The first kappa shape index (κ1) is 8.89. The normalized spacial score (nSPS) is 13.4. The molecular formula is C11H11NO2. The molecule has 0 saturated heterocycles. The zero-order valence-electron chi connectivity index (χ0n) is 8.04. The monoisotopic (exact) mass is 189 g/mol.